The second-order valence-corrected chi connectivity index (χ2v) is 6.40. The average molecular weight is 518 g/mol. The minimum Gasteiger partial charge on any atom is -0.467 e. The van der Waals surface area contributed by atoms with E-state index in [1.54, 1.807) is 6.33 Å². The van der Waals surface area contributed by atoms with Crippen molar-refractivity contribution in [1.29, 1.82) is 0 Å². The molecule has 1 aromatic carbocycles. The summed E-state index contributed by atoms with van der Waals surface area (Å²) in [6.07, 6.45) is 3.17. The fraction of sp³-hybridized carbons (Fsp3) is 0.526. The van der Waals surface area contributed by atoms with E-state index in [1.807, 2.05) is 11.5 Å². The predicted octanol–water partition coefficient (Wildman–Crippen LogP) is 2.26. The Labute approximate surface area is 187 Å². The zero-order valence-electron chi connectivity index (χ0n) is 16.8. The number of hydrogen-bond donors (Lipinski definition) is 2. The van der Waals surface area contributed by atoms with Crippen molar-refractivity contribution < 1.29 is 13.9 Å². The van der Waals surface area contributed by atoms with Gasteiger partial charge in [-0.15, -0.1) is 34.2 Å². The molecule has 1 aliphatic rings. The molecular formula is C19H28FIN6O2. The molecule has 8 nitrogen and oxygen atoms in total. The Balaban J connectivity index is 0.00000300. The van der Waals surface area contributed by atoms with E-state index >= 15 is 0 Å². The molecule has 160 valence electrons. The van der Waals surface area contributed by atoms with Crippen LogP contribution in [-0.2, 0) is 30.7 Å². The summed E-state index contributed by atoms with van der Waals surface area (Å²) in [5, 5.41) is 14.6. The molecule has 0 unspecified atom stereocenters. The van der Waals surface area contributed by atoms with E-state index in [4.69, 9.17) is 9.47 Å². The minimum absolute atomic E-state index is 0. The number of aromatic nitrogens is 3. The van der Waals surface area contributed by atoms with Crippen molar-refractivity contribution in [2.75, 3.05) is 26.4 Å². The first-order chi connectivity index (χ1) is 13.7. The standard InChI is InChI=1S/C19H27FN6O2.HI/c1-3-17-25-24-12-26(17)8-7-23-19(21-4-2)22-6-5-14-9-16(20)10-15-11-27-13-28-18(14)15;/h9-10,12H,3-8,11,13H2,1-2H3,(H2,21,22,23);1H. The Morgan fingerprint density at radius 3 is 2.97 bits per heavy atom. The van der Waals surface area contributed by atoms with Crippen molar-refractivity contribution in [2.24, 2.45) is 4.99 Å². The lowest BCUT2D eigenvalue weighted by Gasteiger charge is -2.20. The second kappa shape index (κ2) is 11.9. The van der Waals surface area contributed by atoms with Crippen LogP contribution in [0, 0.1) is 5.82 Å². The van der Waals surface area contributed by atoms with Gasteiger partial charge in [-0.25, -0.2) is 4.39 Å². The van der Waals surface area contributed by atoms with Gasteiger partial charge >= 0.3 is 0 Å². The molecule has 0 spiro atoms. The maximum absolute atomic E-state index is 13.8. The molecular weight excluding hydrogens is 490 g/mol. The molecule has 1 aliphatic heterocycles. The molecule has 0 radical (unpaired) electrons. The molecule has 0 saturated carbocycles. The van der Waals surface area contributed by atoms with Gasteiger partial charge in [0.2, 0.25) is 0 Å². The van der Waals surface area contributed by atoms with Crippen molar-refractivity contribution in [3.05, 3.63) is 41.2 Å². The molecule has 0 atom stereocenters. The number of aliphatic imine (C=N–C) groups is 1. The first kappa shape index (κ1) is 23.3. The normalized spacial score (nSPS) is 13.3. The Bertz CT molecular complexity index is 814. The highest BCUT2D eigenvalue weighted by Crippen LogP contribution is 2.29. The van der Waals surface area contributed by atoms with Gasteiger partial charge in [-0.3, -0.25) is 4.99 Å². The highest BCUT2D eigenvalue weighted by molar-refractivity contribution is 14.0. The summed E-state index contributed by atoms with van der Waals surface area (Å²) in [6.45, 7) is 7.37. The second-order valence-electron chi connectivity index (χ2n) is 6.40. The smallest absolute Gasteiger partial charge is 0.191 e. The van der Waals surface area contributed by atoms with Crippen LogP contribution in [0.3, 0.4) is 0 Å². The molecule has 2 N–H and O–H groups in total. The van der Waals surface area contributed by atoms with Crippen LogP contribution in [-0.4, -0.2) is 47.2 Å². The van der Waals surface area contributed by atoms with Crippen molar-refractivity contribution in [2.45, 2.75) is 39.8 Å². The van der Waals surface area contributed by atoms with Crippen molar-refractivity contribution in [3.63, 3.8) is 0 Å². The number of fused-ring (bicyclic) bond motifs is 1. The lowest BCUT2D eigenvalue weighted by atomic mass is 10.1. The van der Waals surface area contributed by atoms with Crippen LogP contribution in [0.15, 0.2) is 23.5 Å². The Kier molecular flexibility index (Phi) is 9.58. The van der Waals surface area contributed by atoms with E-state index < -0.39 is 0 Å². The molecule has 2 heterocycles. The van der Waals surface area contributed by atoms with Crippen molar-refractivity contribution in [3.8, 4) is 5.75 Å². The first-order valence-electron chi connectivity index (χ1n) is 9.62. The third kappa shape index (κ3) is 6.53. The number of halogens is 2. The maximum atomic E-state index is 13.8. The highest BCUT2D eigenvalue weighted by Gasteiger charge is 2.16. The van der Waals surface area contributed by atoms with Gasteiger partial charge in [0.05, 0.1) is 6.61 Å². The number of benzene rings is 1. The largest absolute Gasteiger partial charge is 0.467 e. The number of rotatable bonds is 8. The van der Waals surface area contributed by atoms with Gasteiger partial charge in [0.1, 0.15) is 23.7 Å². The molecule has 1 aromatic heterocycles. The summed E-state index contributed by atoms with van der Waals surface area (Å²) in [5.41, 5.74) is 1.56. The monoisotopic (exact) mass is 518 g/mol. The SMILES string of the molecule is CCNC(=NCCc1cc(F)cc2c1OCOC2)NCCn1cnnc1CC.I. The van der Waals surface area contributed by atoms with E-state index in [1.165, 1.54) is 12.1 Å². The molecule has 0 fully saturated rings. The third-order valence-electron chi connectivity index (χ3n) is 4.40. The fourth-order valence-electron chi connectivity index (χ4n) is 3.11. The Hall–Kier alpha value is -1.95. The summed E-state index contributed by atoms with van der Waals surface area (Å²) < 4.78 is 26.6. The van der Waals surface area contributed by atoms with Crippen molar-refractivity contribution >= 4 is 29.9 Å². The Morgan fingerprint density at radius 1 is 1.31 bits per heavy atom. The van der Waals surface area contributed by atoms with Crippen LogP contribution in [0.1, 0.15) is 30.8 Å². The van der Waals surface area contributed by atoms with E-state index in [9.17, 15) is 4.39 Å². The molecule has 29 heavy (non-hydrogen) atoms. The summed E-state index contributed by atoms with van der Waals surface area (Å²) in [5.74, 6) is 2.13. The fourth-order valence-corrected chi connectivity index (χ4v) is 3.11. The average Bonchev–Trinajstić information content (AvgIpc) is 3.15. The highest BCUT2D eigenvalue weighted by atomic mass is 127. The number of aryl methyl sites for hydroxylation is 1. The minimum atomic E-state index is -0.280. The third-order valence-corrected chi connectivity index (χ3v) is 4.40. The first-order valence-corrected chi connectivity index (χ1v) is 9.62. The zero-order valence-corrected chi connectivity index (χ0v) is 19.1. The van der Waals surface area contributed by atoms with E-state index in [-0.39, 0.29) is 36.6 Å². The Morgan fingerprint density at radius 2 is 2.17 bits per heavy atom. The topological polar surface area (TPSA) is 85.6 Å². The van der Waals surface area contributed by atoms with Gasteiger partial charge in [-0.1, -0.05) is 6.92 Å². The molecule has 10 heteroatoms. The maximum Gasteiger partial charge on any atom is 0.191 e. The summed E-state index contributed by atoms with van der Waals surface area (Å²) in [4.78, 5) is 4.59. The van der Waals surface area contributed by atoms with Gasteiger partial charge in [0.25, 0.3) is 0 Å². The molecule has 2 aromatic rings. The molecule has 0 bridgehead atoms. The molecule has 0 saturated heterocycles. The van der Waals surface area contributed by atoms with Gasteiger partial charge in [0, 0.05) is 38.2 Å². The van der Waals surface area contributed by atoms with E-state index in [0.29, 0.717) is 26.1 Å². The van der Waals surface area contributed by atoms with Gasteiger partial charge < -0.3 is 24.7 Å². The van der Waals surface area contributed by atoms with Gasteiger partial charge in [-0.2, -0.15) is 0 Å². The van der Waals surface area contributed by atoms with Crippen LogP contribution in [0.5, 0.6) is 5.75 Å². The molecule has 0 amide bonds. The van der Waals surface area contributed by atoms with Crippen molar-refractivity contribution in [1.82, 2.24) is 25.4 Å². The summed E-state index contributed by atoms with van der Waals surface area (Å²) in [7, 11) is 0. The van der Waals surface area contributed by atoms with Crippen LogP contribution in [0.25, 0.3) is 0 Å². The van der Waals surface area contributed by atoms with Gasteiger partial charge in [0.15, 0.2) is 12.8 Å². The quantitative estimate of drug-likeness (QED) is 0.317. The molecule has 3 rings (SSSR count). The summed E-state index contributed by atoms with van der Waals surface area (Å²) in [6, 6.07) is 2.97. The van der Waals surface area contributed by atoms with Crippen LogP contribution < -0.4 is 15.4 Å². The molecule has 0 aliphatic carbocycles. The number of ether oxygens (including phenoxy) is 2. The predicted molar refractivity (Wildman–Crippen MR) is 119 cm³/mol. The zero-order chi connectivity index (χ0) is 19.8. The van der Waals surface area contributed by atoms with E-state index in [2.05, 4.69) is 32.7 Å². The van der Waals surface area contributed by atoms with Crippen LogP contribution in [0.2, 0.25) is 0 Å². The number of nitrogens with zero attached hydrogens (tertiary/aromatic N) is 4. The number of guanidine groups is 1. The van der Waals surface area contributed by atoms with Gasteiger partial charge in [-0.05, 0) is 31.0 Å². The summed E-state index contributed by atoms with van der Waals surface area (Å²) >= 11 is 0. The number of nitrogens with one attached hydrogen (secondary N) is 2. The number of hydrogen-bond acceptors (Lipinski definition) is 5. The van der Waals surface area contributed by atoms with Crippen LogP contribution >= 0.6 is 24.0 Å². The lowest BCUT2D eigenvalue weighted by Crippen LogP contribution is -2.39. The van der Waals surface area contributed by atoms with E-state index in [0.717, 1.165) is 48.2 Å². The van der Waals surface area contributed by atoms with Crippen LogP contribution in [0.4, 0.5) is 4.39 Å². The lowest BCUT2D eigenvalue weighted by molar-refractivity contribution is -0.0172.